The molecule has 0 aliphatic rings. The van der Waals surface area contributed by atoms with Gasteiger partial charge in [-0.25, -0.2) is 0 Å². The van der Waals surface area contributed by atoms with E-state index in [0.717, 1.165) is 0 Å². The van der Waals surface area contributed by atoms with E-state index in [4.69, 9.17) is 21.1 Å². The molecule has 0 heterocycles. The van der Waals surface area contributed by atoms with Crippen LogP contribution in [-0.4, -0.2) is 24.2 Å². The first-order chi connectivity index (χ1) is 13.0. The highest BCUT2D eigenvalue weighted by molar-refractivity contribution is 6.32. The molecule has 140 valence electrons. The van der Waals surface area contributed by atoms with Gasteiger partial charge >= 0.3 is 0 Å². The monoisotopic (exact) mass is 386 g/mol. The summed E-state index contributed by atoms with van der Waals surface area (Å²) in [6, 6.07) is 11.6. The number of anilines is 1. The van der Waals surface area contributed by atoms with Crippen LogP contribution in [0.4, 0.5) is 5.69 Å². The molecule has 2 N–H and O–H groups in total. The molecular formula is C20H19ClN2O4. The fraction of sp³-hybridized carbons (Fsp3) is 0.200. The lowest BCUT2D eigenvalue weighted by Crippen LogP contribution is -2.13. The van der Waals surface area contributed by atoms with Gasteiger partial charge < -0.3 is 19.9 Å². The summed E-state index contributed by atoms with van der Waals surface area (Å²) in [6.45, 7) is 4.53. The van der Waals surface area contributed by atoms with E-state index >= 15 is 0 Å². The van der Waals surface area contributed by atoms with Crippen LogP contribution < -0.4 is 14.8 Å². The molecule has 2 aromatic rings. The molecule has 7 heteroatoms. The number of aromatic hydroxyl groups is 1. The summed E-state index contributed by atoms with van der Waals surface area (Å²) in [6.07, 6.45) is 1.37. The van der Waals surface area contributed by atoms with E-state index < -0.39 is 5.91 Å². The molecular weight excluding hydrogens is 368 g/mol. The Kier molecular flexibility index (Phi) is 7.09. The first kappa shape index (κ1) is 20.1. The van der Waals surface area contributed by atoms with E-state index in [0.29, 0.717) is 30.2 Å². The second-order valence-corrected chi connectivity index (χ2v) is 5.77. The maximum Gasteiger partial charge on any atom is 0.266 e. The summed E-state index contributed by atoms with van der Waals surface area (Å²) in [5.41, 5.74) is 0.871. The van der Waals surface area contributed by atoms with Crippen molar-refractivity contribution in [2.24, 2.45) is 0 Å². The Bertz CT molecular complexity index is 886. The molecule has 6 nitrogen and oxygen atoms in total. The van der Waals surface area contributed by atoms with Crippen LogP contribution >= 0.6 is 11.6 Å². The van der Waals surface area contributed by atoms with E-state index in [1.165, 1.54) is 18.2 Å². The minimum Gasteiger partial charge on any atom is -0.503 e. The van der Waals surface area contributed by atoms with Gasteiger partial charge in [-0.3, -0.25) is 4.79 Å². The predicted molar refractivity (Wildman–Crippen MR) is 104 cm³/mol. The molecule has 2 rings (SSSR count). The lowest BCUT2D eigenvalue weighted by atomic mass is 10.1. The number of phenols is 1. The van der Waals surface area contributed by atoms with Gasteiger partial charge in [0.25, 0.3) is 5.91 Å². The quantitative estimate of drug-likeness (QED) is 0.544. The topological polar surface area (TPSA) is 91.6 Å². The Balaban J connectivity index is 2.22. The molecule has 0 saturated heterocycles. The Labute approximate surface area is 162 Å². The third-order valence-electron chi connectivity index (χ3n) is 3.45. The maximum absolute atomic E-state index is 12.4. The molecule has 0 aliphatic heterocycles. The second kappa shape index (κ2) is 9.51. The van der Waals surface area contributed by atoms with Gasteiger partial charge in [0, 0.05) is 5.69 Å². The van der Waals surface area contributed by atoms with Crippen LogP contribution in [-0.2, 0) is 4.79 Å². The molecule has 0 aromatic heterocycles. The van der Waals surface area contributed by atoms with Gasteiger partial charge in [-0.2, -0.15) is 5.26 Å². The standard InChI is InChI=1S/C20H19ClN2O4/c1-3-26-16-7-5-15(6-8-16)23-20(25)14(12-22)9-13-10-17(21)19(24)18(11-13)27-4-2/h5-11,24H,3-4H2,1-2H3,(H,23,25). The average Bonchev–Trinajstić information content (AvgIpc) is 2.65. The fourth-order valence-electron chi connectivity index (χ4n) is 2.26. The number of benzene rings is 2. The summed E-state index contributed by atoms with van der Waals surface area (Å²) in [5.74, 6) is 0.117. The van der Waals surface area contributed by atoms with Crippen molar-refractivity contribution in [2.75, 3.05) is 18.5 Å². The van der Waals surface area contributed by atoms with Crippen LogP contribution in [0.5, 0.6) is 17.2 Å². The van der Waals surface area contributed by atoms with E-state index in [1.54, 1.807) is 31.2 Å². The lowest BCUT2D eigenvalue weighted by molar-refractivity contribution is -0.112. The number of rotatable bonds is 7. The zero-order valence-corrected chi connectivity index (χ0v) is 15.7. The van der Waals surface area contributed by atoms with Crippen molar-refractivity contribution in [1.82, 2.24) is 0 Å². The number of hydrogen-bond donors (Lipinski definition) is 2. The second-order valence-electron chi connectivity index (χ2n) is 5.36. The molecule has 2 aromatic carbocycles. The van der Waals surface area contributed by atoms with E-state index in [9.17, 15) is 15.2 Å². The van der Waals surface area contributed by atoms with E-state index in [1.807, 2.05) is 13.0 Å². The van der Waals surface area contributed by atoms with Crippen LogP contribution in [0.3, 0.4) is 0 Å². The minimum absolute atomic E-state index is 0.0661. The molecule has 0 fully saturated rings. The van der Waals surface area contributed by atoms with Crippen molar-refractivity contribution < 1.29 is 19.4 Å². The molecule has 0 aliphatic carbocycles. The Morgan fingerprint density at radius 2 is 1.89 bits per heavy atom. The zero-order valence-electron chi connectivity index (χ0n) is 15.0. The Morgan fingerprint density at radius 3 is 2.48 bits per heavy atom. The highest BCUT2D eigenvalue weighted by Crippen LogP contribution is 2.35. The molecule has 0 radical (unpaired) electrons. The summed E-state index contributed by atoms with van der Waals surface area (Å²) in [5, 5.41) is 21.9. The smallest absolute Gasteiger partial charge is 0.266 e. The van der Waals surface area contributed by atoms with Crippen molar-refractivity contribution in [2.45, 2.75) is 13.8 Å². The third-order valence-corrected chi connectivity index (χ3v) is 3.74. The van der Waals surface area contributed by atoms with Gasteiger partial charge in [0.2, 0.25) is 0 Å². The largest absolute Gasteiger partial charge is 0.503 e. The Morgan fingerprint density at radius 1 is 1.22 bits per heavy atom. The van der Waals surface area contributed by atoms with E-state index in [-0.39, 0.29) is 22.1 Å². The number of phenolic OH excluding ortho intramolecular Hbond substituents is 1. The molecule has 27 heavy (non-hydrogen) atoms. The van der Waals surface area contributed by atoms with Crippen molar-refractivity contribution in [3.63, 3.8) is 0 Å². The maximum atomic E-state index is 12.4. The van der Waals surface area contributed by atoms with E-state index in [2.05, 4.69) is 5.32 Å². The molecule has 0 saturated carbocycles. The predicted octanol–water partition coefficient (Wildman–Crippen LogP) is 4.39. The summed E-state index contributed by atoms with van der Waals surface area (Å²) >= 11 is 5.98. The highest BCUT2D eigenvalue weighted by atomic mass is 35.5. The number of carbonyl (C=O) groups is 1. The number of nitrogens with zero attached hydrogens (tertiary/aromatic N) is 1. The zero-order chi connectivity index (χ0) is 19.8. The van der Waals surface area contributed by atoms with Gasteiger partial charge in [-0.15, -0.1) is 0 Å². The van der Waals surface area contributed by atoms with Crippen LogP contribution in [0.25, 0.3) is 6.08 Å². The van der Waals surface area contributed by atoms with Crippen LogP contribution in [0.15, 0.2) is 42.0 Å². The summed E-state index contributed by atoms with van der Waals surface area (Å²) < 4.78 is 10.6. The number of nitrogens with one attached hydrogen (secondary N) is 1. The van der Waals surface area contributed by atoms with Gasteiger partial charge in [-0.05, 0) is 61.9 Å². The van der Waals surface area contributed by atoms with Crippen molar-refractivity contribution in [1.29, 1.82) is 5.26 Å². The number of hydrogen-bond acceptors (Lipinski definition) is 5. The molecule has 0 atom stereocenters. The Hall–Kier alpha value is -3.17. The number of carbonyl (C=O) groups excluding carboxylic acids is 1. The number of halogens is 1. The van der Waals surface area contributed by atoms with Crippen molar-refractivity contribution in [3.8, 4) is 23.3 Å². The molecule has 1 amide bonds. The van der Waals surface area contributed by atoms with Crippen LogP contribution in [0, 0.1) is 11.3 Å². The SMILES string of the molecule is CCOc1ccc(NC(=O)C(C#N)=Cc2cc(Cl)c(O)c(OCC)c2)cc1. The van der Waals surface area contributed by atoms with Gasteiger partial charge in [0.15, 0.2) is 11.5 Å². The molecule has 0 spiro atoms. The van der Waals surface area contributed by atoms with Crippen LogP contribution in [0.2, 0.25) is 5.02 Å². The average molecular weight is 387 g/mol. The lowest BCUT2D eigenvalue weighted by Gasteiger charge is -2.09. The normalized spacial score (nSPS) is 10.8. The van der Waals surface area contributed by atoms with Gasteiger partial charge in [0.05, 0.1) is 18.2 Å². The fourth-order valence-corrected chi connectivity index (χ4v) is 2.48. The molecule has 0 unspecified atom stereocenters. The minimum atomic E-state index is -0.566. The number of ether oxygens (including phenoxy) is 2. The summed E-state index contributed by atoms with van der Waals surface area (Å²) in [7, 11) is 0. The highest BCUT2D eigenvalue weighted by Gasteiger charge is 2.13. The third kappa shape index (κ3) is 5.40. The summed E-state index contributed by atoms with van der Waals surface area (Å²) in [4.78, 5) is 12.4. The van der Waals surface area contributed by atoms with Gasteiger partial charge in [-0.1, -0.05) is 11.6 Å². The molecule has 0 bridgehead atoms. The first-order valence-corrected chi connectivity index (χ1v) is 8.67. The van der Waals surface area contributed by atoms with Crippen molar-refractivity contribution in [3.05, 3.63) is 52.6 Å². The van der Waals surface area contributed by atoms with Crippen molar-refractivity contribution >= 4 is 29.3 Å². The number of amides is 1. The van der Waals surface area contributed by atoms with Crippen LogP contribution in [0.1, 0.15) is 19.4 Å². The number of nitriles is 1. The first-order valence-electron chi connectivity index (χ1n) is 8.29. The van der Waals surface area contributed by atoms with Gasteiger partial charge in [0.1, 0.15) is 17.4 Å².